The van der Waals surface area contributed by atoms with E-state index >= 15 is 0 Å². The predicted octanol–water partition coefficient (Wildman–Crippen LogP) is 5.50. The van der Waals surface area contributed by atoms with Crippen LogP contribution in [0.3, 0.4) is 0 Å². The molecule has 0 saturated heterocycles. The summed E-state index contributed by atoms with van der Waals surface area (Å²) in [6, 6.07) is 3.88. The molecule has 3 aromatic rings. The lowest BCUT2D eigenvalue weighted by molar-refractivity contribution is -0.118. The summed E-state index contributed by atoms with van der Waals surface area (Å²) < 4.78 is 58.0. The largest absolute Gasteiger partial charge is 0.311 e. The lowest BCUT2D eigenvalue weighted by Crippen LogP contribution is -2.48. The first-order valence-electron chi connectivity index (χ1n) is 15.1. The Morgan fingerprint density at radius 2 is 1.86 bits per heavy atom. The number of rotatable bonds is 15. The maximum absolute atomic E-state index is 14.4. The van der Waals surface area contributed by atoms with Crippen molar-refractivity contribution in [2.24, 2.45) is 0 Å². The van der Waals surface area contributed by atoms with Crippen molar-refractivity contribution in [3.05, 3.63) is 76.7 Å². The standard InChI is InChI=1S/C32H42F4N6O/c1-4-6-11-41(3)12-10-37-18-22-14-27(35)28(36)17-30(22)42-19-31(38-20-42)40-32(43)29(7-5-2)39-24-9-8-21-13-23(33)15-26(34)25(21)16-24/h13-15,17,19-20,24,29,37,39H,4-12,16,18H2,1-3H3,(H,40,43)/t24-,29+/m0/s1. The van der Waals surface area contributed by atoms with Gasteiger partial charge in [0.15, 0.2) is 17.5 Å². The van der Waals surface area contributed by atoms with Crippen molar-refractivity contribution in [2.75, 3.05) is 32.0 Å². The van der Waals surface area contributed by atoms with Crippen LogP contribution in [0.1, 0.15) is 62.6 Å². The third-order valence-electron chi connectivity index (χ3n) is 7.91. The Morgan fingerprint density at radius 3 is 2.63 bits per heavy atom. The summed E-state index contributed by atoms with van der Waals surface area (Å²) in [4.78, 5) is 19.8. The van der Waals surface area contributed by atoms with Gasteiger partial charge in [-0.1, -0.05) is 26.7 Å². The van der Waals surface area contributed by atoms with Crippen LogP contribution in [0.25, 0.3) is 5.69 Å². The van der Waals surface area contributed by atoms with Crippen LogP contribution in [0.5, 0.6) is 0 Å². The van der Waals surface area contributed by atoms with Gasteiger partial charge in [0, 0.05) is 37.8 Å². The van der Waals surface area contributed by atoms with Crippen molar-refractivity contribution < 1.29 is 22.4 Å². The van der Waals surface area contributed by atoms with Crippen LogP contribution in [-0.4, -0.2) is 59.1 Å². The van der Waals surface area contributed by atoms with Gasteiger partial charge in [0.1, 0.15) is 18.0 Å². The number of anilines is 1. The lowest BCUT2D eigenvalue weighted by Gasteiger charge is -2.29. The highest BCUT2D eigenvalue weighted by molar-refractivity contribution is 5.94. The third kappa shape index (κ3) is 8.87. The number of halogens is 4. The van der Waals surface area contributed by atoms with E-state index in [-0.39, 0.29) is 17.8 Å². The molecule has 0 bridgehead atoms. The number of carbonyl (C=O) groups is 1. The van der Waals surface area contributed by atoms with Gasteiger partial charge in [-0.3, -0.25) is 4.79 Å². The van der Waals surface area contributed by atoms with Crippen LogP contribution in [0.4, 0.5) is 23.4 Å². The van der Waals surface area contributed by atoms with E-state index in [0.717, 1.165) is 44.5 Å². The van der Waals surface area contributed by atoms with Gasteiger partial charge in [0.2, 0.25) is 5.91 Å². The minimum Gasteiger partial charge on any atom is -0.311 e. The van der Waals surface area contributed by atoms with Crippen molar-refractivity contribution in [3.8, 4) is 5.69 Å². The Hall–Kier alpha value is -3.28. The highest BCUT2D eigenvalue weighted by Gasteiger charge is 2.27. The molecule has 2 aromatic carbocycles. The molecule has 1 aliphatic rings. The fourth-order valence-electron chi connectivity index (χ4n) is 5.52. The number of amides is 1. The zero-order valence-electron chi connectivity index (χ0n) is 25.2. The average Bonchev–Trinajstić information content (AvgIpc) is 3.43. The van der Waals surface area contributed by atoms with Crippen LogP contribution < -0.4 is 16.0 Å². The monoisotopic (exact) mass is 602 g/mol. The van der Waals surface area contributed by atoms with Gasteiger partial charge < -0.3 is 25.4 Å². The number of benzene rings is 2. The fraction of sp³-hybridized carbons (Fsp3) is 0.500. The summed E-state index contributed by atoms with van der Waals surface area (Å²) in [6.45, 7) is 6.96. The van der Waals surface area contributed by atoms with Gasteiger partial charge in [0.05, 0.1) is 17.9 Å². The molecule has 1 aliphatic carbocycles. The number of aromatic nitrogens is 2. The molecule has 0 unspecified atom stereocenters. The maximum Gasteiger partial charge on any atom is 0.242 e. The summed E-state index contributed by atoms with van der Waals surface area (Å²) in [5.41, 5.74) is 2.13. The molecule has 0 saturated carbocycles. The Balaban J connectivity index is 1.40. The van der Waals surface area contributed by atoms with E-state index in [2.05, 4.69) is 39.8 Å². The van der Waals surface area contributed by atoms with Crippen LogP contribution in [0.2, 0.25) is 0 Å². The number of aryl methyl sites for hydroxylation is 1. The third-order valence-corrected chi connectivity index (χ3v) is 7.91. The molecule has 1 aromatic heterocycles. The molecule has 0 radical (unpaired) electrons. The summed E-state index contributed by atoms with van der Waals surface area (Å²) in [7, 11) is 2.05. The van der Waals surface area contributed by atoms with Crippen LogP contribution in [0.15, 0.2) is 36.8 Å². The first-order chi connectivity index (χ1) is 20.7. The van der Waals surface area contributed by atoms with Gasteiger partial charge in [-0.05, 0) is 74.5 Å². The second-order valence-electron chi connectivity index (χ2n) is 11.4. The number of nitrogens with zero attached hydrogens (tertiary/aromatic N) is 3. The van der Waals surface area contributed by atoms with Crippen molar-refractivity contribution >= 4 is 11.7 Å². The van der Waals surface area contributed by atoms with Gasteiger partial charge in [-0.15, -0.1) is 0 Å². The molecule has 1 heterocycles. The number of unbranched alkanes of at least 4 members (excludes halogenated alkanes) is 1. The summed E-state index contributed by atoms with van der Waals surface area (Å²) in [6.07, 6.45) is 8.09. The van der Waals surface area contributed by atoms with Crippen molar-refractivity contribution in [2.45, 2.75) is 77.4 Å². The van der Waals surface area contributed by atoms with E-state index in [1.165, 1.54) is 18.5 Å². The average molecular weight is 603 g/mol. The molecule has 1 amide bonds. The van der Waals surface area contributed by atoms with E-state index < -0.39 is 29.3 Å². The molecule has 4 rings (SSSR count). The molecule has 7 nitrogen and oxygen atoms in total. The van der Waals surface area contributed by atoms with E-state index in [4.69, 9.17) is 0 Å². The summed E-state index contributed by atoms with van der Waals surface area (Å²) in [5.74, 6) is -3.07. The van der Waals surface area contributed by atoms with Crippen LogP contribution >= 0.6 is 0 Å². The topological polar surface area (TPSA) is 74.2 Å². The molecule has 43 heavy (non-hydrogen) atoms. The Bertz CT molecular complexity index is 1380. The Morgan fingerprint density at radius 1 is 1.07 bits per heavy atom. The molecule has 0 fully saturated rings. The highest BCUT2D eigenvalue weighted by Crippen LogP contribution is 2.26. The molecule has 0 spiro atoms. The maximum atomic E-state index is 14.4. The highest BCUT2D eigenvalue weighted by atomic mass is 19.2. The van der Waals surface area contributed by atoms with Gasteiger partial charge in [-0.25, -0.2) is 22.5 Å². The number of imidazole rings is 1. The Kier molecular flexibility index (Phi) is 11.7. The van der Waals surface area contributed by atoms with E-state index in [0.29, 0.717) is 61.2 Å². The number of carbonyl (C=O) groups excluding carboxylic acids is 1. The first kappa shape index (κ1) is 32.6. The van der Waals surface area contributed by atoms with Crippen molar-refractivity contribution in [1.82, 2.24) is 25.1 Å². The minimum atomic E-state index is -0.974. The number of hydrogen-bond donors (Lipinski definition) is 3. The van der Waals surface area contributed by atoms with Gasteiger partial charge >= 0.3 is 0 Å². The van der Waals surface area contributed by atoms with Crippen molar-refractivity contribution in [1.29, 1.82) is 0 Å². The minimum absolute atomic E-state index is 0.143. The van der Waals surface area contributed by atoms with Crippen LogP contribution in [0, 0.1) is 23.3 Å². The zero-order chi connectivity index (χ0) is 30.9. The normalized spacial score (nSPS) is 15.5. The fourth-order valence-corrected chi connectivity index (χ4v) is 5.52. The summed E-state index contributed by atoms with van der Waals surface area (Å²) in [5, 5.41) is 9.48. The molecule has 2 atom stereocenters. The molecule has 3 N–H and O–H groups in total. The number of fused-ring (bicyclic) bond motifs is 1. The smallest absolute Gasteiger partial charge is 0.242 e. The van der Waals surface area contributed by atoms with Gasteiger partial charge in [0.25, 0.3) is 0 Å². The van der Waals surface area contributed by atoms with Crippen LogP contribution in [-0.2, 0) is 24.2 Å². The molecule has 0 aliphatic heterocycles. The molecular weight excluding hydrogens is 560 g/mol. The molecule has 11 heteroatoms. The first-order valence-corrected chi connectivity index (χ1v) is 15.1. The number of hydrogen-bond acceptors (Lipinski definition) is 5. The van der Waals surface area contributed by atoms with E-state index in [9.17, 15) is 22.4 Å². The van der Waals surface area contributed by atoms with E-state index in [1.54, 1.807) is 10.8 Å². The predicted molar refractivity (Wildman–Crippen MR) is 160 cm³/mol. The molecule has 234 valence electrons. The molecular formula is C32H42F4N6O. The van der Waals surface area contributed by atoms with Gasteiger partial charge in [-0.2, -0.15) is 0 Å². The van der Waals surface area contributed by atoms with E-state index in [1.807, 2.05) is 6.92 Å². The number of nitrogens with one attached hydrogen (secondary N) is 3. The number of likely N-dealkylation sites (N-methyl/N-ethyl adjacent to an activating group) is 1. The Labute approximate surface area is 251 Å². The lowest BCUT2D eigenvalue weighted by atomic mass is 9.87. The second-order valence-corrected chi connectivity index (χ2v) is 11.4. The van der Waals surface area contributed by atoms with Crippen molar-refractivity contribution in [3.63, 3.8) is 0 Å². The SMILES string of the molecule is CCCCN(C)CCNCc1cc(F)c(F)cc1-n1cnc(NC(=O)[C@@H](CCC)N[C@H]2CCc3cc(F)cc(F)c3C2)c1. The quantitative estimate of drug-likeness (QED) is 0.158. The summed E-state index contributed by atoms with van der Waals surface area (Å²) >= 11 is 0. The zero-order valence-corrected chi connectivity index (χ0v) is 25.2. The second kappa shape index (κ2) is 15.4.